The third-order valence-corrected chi connectivity index (χ3v) is 5.04. The number of anilines is 2. The first-order valence-corrected chi connectivity index (χ1v) is 9.88. The summed E-state index contributed by atoms with van der Waals surface area (Å²) in [7, 11) is 0. The Morgan fingerprint density at radius 1 is 1.07 bits per heavy atom. The SMILES string of the molecule is O=C(Nc1ccc(OCc2ccccc2)cc1)C1CCCN(c2cccnn2)C1. The molecule has 0 aliphatic carbocycles. The number of hydrogen-bond donors (Lipinski definition) is 1. The Morgan fingerprint density at radius 2 is 1.90 bits per heavy atom. The number of nitrogens with one attached hydrogen (secondary N) is 1. The van der Waals surface area contributed by atoms with Crippen LogP contribution >= 0.6 is 0 Å². The van der Waals surface area contributed by atoms with Crippen LogP contribution in [-0.2, 0) is 11.4 Å². The van der Waals surface area contributed by atoms with Gasteiger partial charge in [0.25, 0.3) is 0 Å². The minimum absolute atomic E-state index is 0.0385. The molecule has 0 radical (unpaired) electrons. The van der Waals surface area contributed by atoms with Crippen LogP contribution in [0.2, 0.25) is 0 Å². The van der Waals surface area contributed by atoms with Crippen molar-refractivity contribution in [3.63, 3.8) is 0 Å². The minimum Gasteiger partial charge on any atom is -0.489 e. The Labute approximate surface area is 170 Å². The van der Waals surface area contributed by atoms with Crippen LogP contribution in [0.1, 0.15) is 18.4 Å². The fourth-order valence-electron chi connectivity index (χ4n) is 3.48. The van der Waals surface area contributed by atoms with Crippen LogP contribution in [0.5, 0.6) is 5.75 Å². The molecule has 148 valence electrons. The topological polar surface area (TPSA) is 67.3 Å². The third-order valence-electron chi connectivity index (χ3n) is 5.04. The van der Waals surface area contributed by atoms with Gasteiger partial charge in [0.05, 0.1) is 5.92 Å². The van der Waals surface area contributed by atoms with Crippen LogP contribution < -0.4 is 15.0 Å². The minimum atomic E-state index is -0.0697. The Balaban J connectivity index is 1.31. The van der Waals surface area contributed by atoms with E-state index in [0.717, 1.165) is 42.2 Å². The predicted octanol–water partition coefficient (Wildman–Crippen LogP) is 3.91. The van der Waals surface area contributed by atoms with E-state index >= 15 is 0 Å². The molecule has 0 bridgehead atoms. The van der Waals surface area contributed by atoms with Gasteiger partial charge in [0.15, 0.2) is 5.82 Å². The summed E-state index contributed by atoms with van der Waals surface area (Å²) < 4.78 is 5.80. The molecule has 6 nitrogen and oxygen atoms in total. The zero-order valence-electron chi connectivity index (χ0n) is 16.2. The van der Waals surface area contributed by atoms with E-state index in [1.54, 1.807) is 6.20 Å². The molecular formula is C23H24N4O2. The standard InChI is InChI=1S/C23H24N4O2/c28-23(19-8-5-15-27(16-19)22-9-4-14-24-26-22)25-20-10-12-21(13-11-20)29-17-18-6-2-1-3-7-18/h1-4,6-7,9-14,19H,5,8,15-17H2,(H,25,28). The molecule has 0 saturated carbocycles. The fraction of sp³-hybridized carbons (Fsp3) is 0.261. The quantitative estimate of drug-likeness (QED) is 0.693. The first-order valence-electron chi connectivity index (χ1n) is 9.88. The summed E-state index contributed by atoms with van der Waals surface area (Å²) >= 11 is 0. The third kappa shape index (κ3) is 5.10. The molecule has 4 rings (SSSR count). The van der Waals surface area contributed by atoms with Crippen molar-refractivity contribution in [1.82, 2.24) is 10.2 Å². The highest BCUT2D eigenvalue weighted by atomic mass is 16.5. The largest absolute Gasteiger partial charge is 0.489 e. The summed E-state index contributed by atoms with van der Waals surface area (Å²) in [4.78, 5) is 14.9. The summed E-state index contributed by atoms with van der Waals surface area (Å²) in [6, 6.07) is 21.3. The summed E-state index contributed by atoms with van der Waals surface area (Å²) in [5.74, 6) is 1.57. The molecule has 1 aliphatic heterocycles. The van der Waals surface area contributed by atoms with Crippen molar-refractivity contribution >= 4 is 17.4 Å². The summed E-state index contributed by atoms with van der Waals surface area (Å²) in [6.45, 7) is 2.07. The molecule has 6 heteroatoms. The van der Waals surface area contributed by atoms with Crippen molar-refractivity contribution in [1.29, 1.82) is 0 Å². The molecule has 0 spiro atoms. The molecule has 29 heavy (non-hydrogen) atoms. The number of piperidine rings is 1. The van der Waals surface area contributed by atoms with Crippen molar-refractivity contribution in [2.24, 2.45) is 5.92 Å². The van der Waals surface area contributed by atoms with Gasteiger partial charge in [0, 0.05) is 25.0 Å². The van der Waals surface area contributed by atoms with Crippen LogP contribution in [0.15, 0.2) is 72.9 Å². The van der Waals surface area contributed by atoms with E-state index in [-0.39, 0.29) is 11.8 Å². The van der Waals surface area contributed by atoms with E-state index in [4.69, 9.17) is 4.74 Å². The molecule has 1 saturated heterocycles. The molecule has 1 N–H and O–H groups in total. The highest BCUT2D eigenvalue weighted by molar-refractivity contribution is 5.93. The average molecular weight is 388 g/mol. The Kier molecular flexibility index (Phi) is 6.00. The van der Waals surface area contributed by atoms with E-state index in [1.165, 1.54) is 0 Å². The van der Waals surface area contributed by atoms with Crippen LogP contribution in [-0.4, -0.2) is 29.2 Å². The lowest BCUT2D eigenvalue weighted by molar-refractivity contribution is -0.120. The van der Waals surface area contributed by atoms with Gasteiger partial charge >= 0.3 is 0 Å². The number of rotatable bonds is 6. The Bertz CT molecular complexity index is 917. The van der Waals surface area contributed by atoms with Crippen molar-refractivity contribution in [2.75, 3.05) is 23.3 Å². The zero-order chi connectivity index (χ0) is 19.9. The predicted molar refractivity (Wildman–Crippen MR) is 113 cm³/mol. The maximum atomic E-state index is 12.7. The van der Waals surface area contributed by atoms with Gasteiger partial charge in [0.2, 0.25) is 5.91 Å². The van der Waals surface area contributed by atoms with Crippen LogP contribution in [0.25, 0.3) is 0 Å². The maximum Gasteiger partial charge on any atom is 0.229 e. The van der Waals surface area contributed by atoms with E-state index in [0.29, 0.717) is 13.2 Å². The highest BCUT2D eigenvalue weighted by Gasteiger charge is 2.26. The van der Waals surface area contributed by atoms with Gasteiger partial charge in [-0.05, 0) is 54.8 Å². The van der Waals surface area contributed by atoms with E-state index in [1.807, 2.05) is 66.7 Å². The molecule has 2 heterocycles. The van der Waals surface area contributed by atoms with Crippen LogP contribution in [0, 0.1) is 5.92 Å². The first-order chi connectivity index (χ1) is 14.3. The number of nitrogens with zero attached hydrogens (tertiary/aromatic N) is 3. The number of amides is 1. The smallest absolute Gasteiger partial charge is 0.229 e. The molecular weight excluding hydrogens is 364 g/mol. The van der Waals surface area contributed by atoms with E-state index < -0.39 is 0 Å². The van der Waals surface area contributed by atoms with Crippen molar-refractivity contribution in [3.05, 3.63) is 78.5 Å². The number of benzene rings is 2. The number of ether oxygens (including phenoxy) is 1. The zero-order valence-corrected chi connectivity index (χ0v) is 16.2. The second kappa shape index (κ2) is 9.19. The number of carbonyl (C=O) groups is 1. The molecule has 1 fully saturated rings. The van der Waals surface area contributed by atoms with Crippen LogP contribution in [0.4, 0.5) is 11.5 Å². The second-order valence-corrected chi connectivity index (χ2v) is 7.15. The molecule has 1 amide bonds. The molecule has 3 aromatic rings. The molecule has 1 atom stereocenters. The number of hydrogen-bond acceptors (Lipinski definition) is 5. The van der Waals surface area contributed by atoms with Gasteiger partial charge < -0.3 is 15.0 Å². The molecule has 1 aromatic heterocycles. The average Bonchev–Trinajstić information content (AvgIpc) is 2.80. The summed E-state index contributed by atoms with van der Waals surface area (Å²) in [5, 5.41) is 11.1. The maximum absolute atomic E-state index is 12.7. The molecule has 1 unspecified atom stereocenters. The molecule has 2 aromatic carbocycles. The fourth-order valence-corrected chi connectivity index (χ4v) is 3.48. The second-order valence-electron chi connectivity index (χ2n) is 7.15. The van der Waals surface area contributed by atoms with Gasteiger partial charge in [-0.3, -0.25) is 4.79 Å². The lowest BCUT2D eigenvalue weighted by Gasteiger charge is -2.32. The summed E-state index contributed by atoms with van der Waals surface area (Å²) in [5.41, 5.74) is 1.90. The van der Waals surface area contributed by atoms with Gasteiger partial charge in [-0.1, -0.05) is 30.3 Å². The Hall–Kier alpha value is -3.41. The highest BCUT2D eigenvalue weighted by Crippen LogP contribution is 2.23. The lowest BCUT2D eigenvalue weighted by Crippen LogP contribution is -2.41. The van der Waals surface area contributed by atoms with Gasteiger partial charge in [-0.2, -0.15) is 5.10 Å². The van der Waals surface area contributed by atoms with Crippen molar-refractivity contribution in [2.45, 2.75) is 19.4 Å². The first kappa shape index (κ1) is 18.9. The van der Waals surface area contributed by atoms with Crippen molar-refractivity contribution in [3.8, 4) is 5.75 Å². The lowest BCUT2D eigenvalue weighted by atomic mass is 9.97. The Morgan fingerprint density at radius 3 is 2.66 bits per heavy atom. The van der Waals surface area contributed by atoms with E-state index in [9.17, 15) is 4.79 Å². The normalized spacial score (nSPS) is 16.3. The van der Waals surface area contributed by atoms with Gasteiger partial charge in [-0.15, -0.1) is 5.10 Å². The monoisotopic (exact) mass is 388 g/mol. The van der Waals surface area contributed by atoms with Crippen LogP contribution in [0.3, 0.4) is 0 Å². The molecule has 1 aliphatic rings. The summed E-state index contributed by atoms with van der Waals surface area (Å²) in [6.07, 6.45) is 3.49. The number of carbonyl (C=O) groups excluding carboxylic acids is 1. The van der Waals surface area contributed by atoms with Crippen molar-refractivity contribution < 1.29 is 9.53 Å². The number of aromatic nitrogens is 2. The van der Waals surface area contributed by atoms with Gasteiger partial charge in [0.1, 0.15) is 12.4 Å². The van der Waals surface area contributed by atoms with E-state index in [2.05, 4.69) is 20.4 Å². The van der Waals surface area contributed by atoms with Gasteiger partial charge in [-0.25, -0.2) is 0 Å².